The third kappa shape index (κ3) is 5.61. The summed E-state index contributed by atoms with van der Waals surface area (Å²) in [4.78, 5) is 15.9. The lowest BCUT2D eigenvalue weighted by Gasteiger charge is -2.31. The fraction of sp³-hybridized carbons (Fsp3) is 0.389. The van der Waals surface area contributed by atoms with Crippen LogP contribution in [-0.4, -0.2) is 30.6 Å². The topological polar surface area (TPSA) is 44.4 Å². The summed E-state index contributed by atoms with van der Waals surface area (Å²) in [6.07, 6.45) is 2.22. The van der Waals surface area contributed by atoms with Crippen LogP contribution in [0.25, 0.3) is 0 Å². The number of hydrogen-bond acceptors (Lipinski definition) is 3. The maximum absolute atomic E-state index is 12.0. The molecule has 1 fully saturated rings. The van der Waals surface area contributed by atoms with Crippen molar-refractivity contribution in [1.29, 1.82) is 0 Å². The van der Waals surface area contributed by atoms with Crippen LogP contribution in [0.3, 0.4) is 0 Å². The van der Waals surface area contributed by atoms with Crippen molar-refractivity contribution in [2.75, 3.05) is 25.0 Å². The van der Waals surface area contributed by atoms with Crippen molar-refractivity contribution in [3.63, 3.8) is 0 Å². The quantitative estimate of drug-likeness (QED) is 0.737. The molecule has 1 aromatic carbocycles. The molecular formula is C18H21Cl2N3OS. The minimum absolute atomic E-state index is 0.209. The Morgan fingerprint density at radius 2 is 2.00 bits per heavy atom. The van der Waals surface area contributed by atoms with Crippen molar-refractivity contribution in [2.24, 2.45) is 5.92 Å². The van der Waals surface area contributed by atoms with E-state index in [-0.39, 0.29) is 6.03 Å². The standard InChI is InChI=1S/C18H21Cl2N3OS/c19-16-4-3-14(10-17(16)20)22-18(24)21-11-13-5-7-23(8-6-13)12-15-2-1-9-25-15/h1-4,9-10,13H,5-8,11-12H2,(H2,21,22,24). The largest absolute Gasteiger partial charge is 0.338 e. The first-order chi connectivity index (χ1) is 12.1. The number of anilines is 1. The maximum atomic E-state index is 12.0. The van der Waals surface area contributed by atoms with Crippen molar-refractivity contribution in [1.82, 2.24) is 10.2 Å². The Labute approximate surface area is 162 Å². The highest BCUT2D eigenvalue weighted by atomic mass is 35.5. The van der Waals surface area contributed by atoms with E-state index >= 15 is 0 Å². The molecule has 1 aliphatic heterocycles. The number of hydrogen-bond donors (Lipinski definition) is 2. The number of nitrogens with zero attached hydrogens (tertiary/aromatic N) is 1. The van der Waals surface area contributed by atoms with Crippen LogP contribution in [0, 0.1) is 5.92 Å². The lowest BCUT2D eigenvalue weighted by atomic mass is 9.97. The van der Waals surface area contributed by atoms with Crippen LogP contribution in [0.15, 0.2) is 35.7 Å². The van der Waals surface area contributed by atoms with Gasteiger partial charge in [-0.25, -0.2) is 4.79 Å². The summed E-state index contributed by atoms with van der Waals surface area (Å²) < 4.78 is 0. The minimum Gasteiger partial charge on any atom is -0.338 e. The van der Waals surface area contributed by atoms with Gasteiger partial charge in [0, 0.05) is 23.7 Å². The van der Waals surface area contributed by atoms with Crippen molar-refractivity contribution in [3.8, 4) is 0 Å². The summed E-state index contributed by atoms with van der Waals surface area (Å²) in [6, 6.07) is 9.13. The fourth-order valence-electron chi connectivity index (χ4n) is 2.96. The van der Waals surface area contributed by atoms with Crippen molar-refractivity contribution >= 4 is 46.3 Å². The third-order valence-electron chi connectivity index (χ3n) is 4.40. The van der Waals surface area contributed by atoms with E-state index in [9.17, 15) is 4.79 Å². The molecule has 0 aliphatic carbocycles. The SMILES string of the molecule is O=C(NCC1CCN(Cc2cccs2)CC1)Nc1ccc(Cl)c(Cl)c1. The Morgan fingerprint density at radius 3 is 2.68 bits per heavy atom. The molecule has 1 aromatic heterocycles. The number of carbonyl (C=O) groups is 1. The smallest absolute Gasteiger partial charge is 0.319 e. The van der Waals surface area contributed by atoms with Gasteiger partial charge < -0.3 is 10.6 Å². The highest BCUT2D eigenvalue weighted by Crippen LogP contribution is 2.25. The van der Waals surface area contributed by atoms with Gasteiger partial charge in [0.15, 0.2) is 0 Å². The van der Waals surface area contributed by atoms with Crippen LogP contribution in [0.1, 0.15) is 17.7 Å². The normalized spacial score (nSPS) is 15.9. The zero-order valence-electron chi connectivity index (χ0n) is 13.8. The van der Waals surface area contributed by atoms with Crippen molar-refractivity contribution in [2.45, 2.75) is 19.4 Å². The van der Waals surface area contributed by atoms with Gasteiger partial charge >= 0.3 is 6.03 Å². The Bertz CT molecular complexity index is 700. The van der Waals surface area contributed by atoms with Gasteiger partial charge in [-0.2, -0.15) is 0 Å². The Morgan fingerprint density at radius 1 is 1.20 bits per heavy atom. The monoisotopic (exact) mass is 397 g/mol. The summed E-state index contributed by atoms with van der Waals surface area (Å²) in [6.45, 7) is 3.90. The molecule has 134 valence electrons. The molecule has 2 aromatic rings. The van der Waals surface area contributed by atoms with Gasteiger partial charge in [0.25, 0.3) is 0 Å². The van der Waals surface area contributed by atoms with E-state index < -0.39 is 0 Å². The van der Waals surface area contributed by atoms with Crippen LogP contribution in [-0.2, 0) is 6.54 Å². The minimum atomic E-state index is -0.209. The number of benzene rings is 1. The second kappa shape index (κ2) is 8.90. The van der Waals surface area contributed by atoms with Gasteiger partial charge in [-0.1, -0.05) is 29.3 Å². The molecule has 3 rings (SSSR count). The highest BCUT2D eigenvalue weighted by Gasteiger charge is 2.20. The van der Waals surface area contributed by atoms with E-state index in [1.165, 1.54) is 4.88 Å². The lowest BCUT2D eigenvalue weighted by molar-refractivity contribution is 0.177. The predicted molar refractivity (Wildman–Crippen MR) is 106 cm³/mol. The first kappa shape index (κ1) is 18.5. The highest BCUT2D eigenvalue weighted by molar-refractivity contribution is 7.09. The van der Waals surface area contributed by atoms with E-state index in [0.717, 1.165) is 32.5 Å². The van der Waals surface area contributed by atoms with E-state index in [0.29, 0.717) is 28.2 Å². The van der Waals surface area contributed by atoms with E-state index in [1.54, 1.807) is 18.2 Å². The summed E-state index contributed by atoms with van der Waals surface area (Å²) >= 11 is 13.6. The second-order valence-electron chi connectivity index (χ2n) is 6.26. The molecule has 0 radical (unpaired) electrons. The van der Waals surface area contributed by atoms with E-state index in [1.807, 2.05) is 11.3 Å². The van der Waals surface area contributed by atoms with Crippen LogP contribution >= 0.6 is 34.5 Å². The number of carbonyl (C=O) groups excluding carboxylic acids is 1. The summed E-state index contributed by atoms with van der Waals surface area (Å²) in [5.41, 5.74) is 0.637. The van der Waals surface area contributed by atoms with Gasteiger partial charge in [0.1, 0.15) is 0 Å². The van der Waals surface area contributed by atoms with Gasteiger partial charge in [-0.3, -0.25) is 4.90 Å². The van der Waals surface area contributed by atoms with Crippen LogP contribution < -0.4 is 10.6 Å². The molecule has 0 unspecified atom stereocenters. The Balaban J connectivity index is 1.37. The molecule has 2 amide bonds. The number of halogens is 2. The molecule has 2 heterocycles. The number of urea groups is 1. The molecular weight excluding hydrogens is 377 g/mol. The maximum Gasteiger partial charge on any atom is 0.319 e. The molecule has 4 nitrogen and oxygen atoms in total. The van der Waals surface area contributed by atoms with Crippen LogP contribution in [0.5, 0.6) is 0 Å². The van der Waals surface area contributed by atoms with Gasteiger partial charge in [0.2, 0.25) is 0 Å². The molecule has 25 heavy (non-hydrogen) atoms. The first-order valence-electron chi connectivity index (χ1n) is 8.35. The van der Waals surface area contributed by atoms with Gasteiger partial charge in [0.05, 0.1) is 10.0 Å². The number of thiophene rings is 1. The predicted octanol–water partition coefficient (Wildman–Crippen LogP) is 5.09. The molecule has 0 atom stereocenters. The zero-order valence-corrected chi connectivity index (χ0v) is 16.1. The Kier molecular flexibility index (Phi) is 6.59. The molecule has 1 aliphatic rings. The third-order valence-corrected chi connectivity index (χ3v) is 6.00. The van der Waals surface area contributed by atoms with Crippen LogP contribution in [0.2, 0.25) is 10.0 Å². The van der Waals surface area contributed by atoms with E-state index in [4.69, 9.17) is 23.2 Å². The molecule has 1 saturated heterocycles. The molecule has 7 heteroatoms. The molecule has 0 saturated carbocycles. The van der Waals surface area contributed by atoms with Crippen LogP contribution in [0.4, 0.5) is 10.5 Å². The number of likely N-dealkylation sites (tertiary alicyclic amines) is 1. The van der Waals surface area contributed by atoms with Gasteiger partial charge in [-0.05, 0) is 61.5 Å². The lowest BCUT2D eigenvalue weighted by Crippen LogP contribution is -2.39. The van der Waals surface area contributed by atoms with Crippen molar-refractivity contribution in [3.05, 3.63) is 50.6 Å². The number of nitrogens with one attached hydrogen (secondary N) is 2. The number of piperidine rings is 1. The zero-order chi connectivity index (χ0) is 17.6. The average molecular weight is 398 g/mol. The van der Waals surface area contributed by atoms with Gasteiger partial charge in [-0.15, -0.1) is 11.3 Å². The molecule has 0 spiro atoms. The summed E-state index contributed by atoms with van der Waals surface area (Å²) in [5, 5.41) is 8.76. The fourth-order valence-corrected chi connectivity index (χ4v) is 4.00. The summed E-state index contributed by atoms with van der Waals surface area (Å²) in [7, 11) is 0. The number of rotatable bonds is 5. The molecule has 2 N–H and O–H groups in total. The number of amides is 2. The average Bonchev–Trinajstić information content (AvgIpc) is 3.11. The second-order valence-corrected chi connectivity index (χ2v) is 8.11. The first-order valence-corrected chi connectivity index (χ1v) is 9.98. The van der Waals surface area contributed by atoms with E-state index in [2.05, 4.69) is 33.0 Å². The summed E-state index contributed by atoms with van der Waals surface area (Å²) in [5.74, 6) is 0.527. The van der Waals surface area contributed by atoms with Crippen molar-refractivity contribution < 1.29 is 4.79 Å². The molecule has 0 bridgehead atoms. The Hall–Kier alpha value is -1.27.